The van der Waals surface area contributed by atoms with Crippen LogP contribution >= 0.6 is 0 Å². The number of carboxylic acid groups (broad SMARTS) is 1. The molecule has 6 heteroatoms. The Morgan fingerprint density at radius 1 is 1.16 bits per heavy atom. The van der Waals surface area contributed by atoms with Crippen molar-refractivity contribution < 1.29 is 14.8 Å². The van der Waals surface area contributed by atoms with Crippen LogP contribution in [-0.2, 0) is 4.79 Å². The van der Waals surface area contributed by atoms with E-state index in [0.717, 1.165) is 23.2 Å². The number of rotatable bonds is 2. The number of benzene rings is 1. The fourth-order valence-electron chi connectivity index (χ4n) is 5.33. The number of nitrogens with zero attached hydrogens (tertiary/aromatic N) is 2. The zero-order chi connectivity index (χ0) is 17.3. The molecule has 2 aliphatic carbocycles. The first kappa shape index (κ1) is 14.7. The van der Waals surface area contributed by atoms with Gasteiger partial charge < -0.3 is 10.0 Å². The van der Waals surface area contributed by atoms with Crippen molar-refractivity contribution >= 4 is 17.3 Å². The van der Waals surface area contributed by atoms with E-state index < -0.39 is 12.0 Å². The van der Waals surface area contributed by atoms with Crippen molar-refractivity contribution in [2.24, 2.45) is 11.8 Å². The molecule has 0 aromatic heterocycles. The zero-order valence-electron chi connectivity index (χ0n) is 13.5. The summed E-state index contributed by atoms with van der Waals surface area (Å²) in [6, 6.07) is 2.76. The first-order valence-electron chi connectivity index (χ1n) is 8.71. The minimum Gasteiger partial charge on any atom is -0.480 e. The fraction of sp³-hybridized carbons (Fsp3) is 0.421. The second-order valence-corrected chi connectivity index (χ2v) is 7.47. The van der Waals surface area contributed by atoms with E-state index in [2.05, 4.69) is 12.2 Å². The standard InChI is InChI=1S/C19H18N2O4/c22-19(23)18-14-6-2-5-13(14)16-8-11(21(24)25)7-15-12-4-1-3-10(12)9-20(18)17(15)16/h1-2,4-5,7-8,10,12-14,18H,3,6,9H2,(H,22,23)/t10-,12+,13+,14+,18+/m1/s1. The van der Waals surface area contributed by atoms with Gasteiger partial charge in [0.1, 0.15) is 6.04 Å². The number of carboxylic acids is 1. The first-order chi connectivity index (χ1) is 12.1. The molecule has 0 amide bonds. The van der Waals surface area contributed by atoms with E-state index in [1.165, 1.54) is 0 Å². The van der Waals surface area contributed by atoms with Crippen LogP contribution in [0.1, 0.15) is 35.8 Å². The SMILES string of the molecule is O=C(O)[C@@H]1[C@H]2CC=C[C@@H]2c2cc([N+](=O)[O-])cc3c2N1C[C@H]1CC=C[C@H]31. The summed E-state index contributed by atoms with van der Waals surface area (Å²) in [7, 11) is 0. The van der Waals surface area contributed by atoms with Gasteiger partial charge in [-0.2, -0.15) is 0 Å². The van der Waals surface area contributed by atoms with Gasteiger partial charge in [0.25, 0.3) is 5.69 Å². The number of carbonyl (C=O) groups is 1. The van der Waals surface area contributed by atoms with Crippen LogP contribution in [0, 0.1) is 22.0 Å². The molecule has 5 rings (SSSR count). The van der Waals surface area contributed by atoms with E-state index in [0.29, 0.717) is 18.9 Å². The monoisotopic (exact) mass is 338 g/mol. The normalized spacial score (nSPS) is 33.8. The quantitative estimate of drug-likeness (QED) is 0.508. The zero-order valence-corrected chi connectivity index (χ0v) is 13.5. The fourth-order valence-corrected chi connectivity index (χ4v) is 5.33. The topological polar surface area (TPSA) is 83.7 Å². The maximum Gasteiger partial charge on any atom is 0.326 e. The molecule has 128 valence electrons. The van der Waals surface area contributed by atoms with Gasteiger partial charge in [0.2, 0.25) is 0 Å². The third kappa shape index (κ3) is 1.88. The summed E-state index contributed by atoms with van der Waals surface area (Å²) in [4.78, 5) is 25.3. The van der Waals surface area contributed by atoms with Crippen molar-refractivity contribution in [1.82, 2.24) is 0 Å². The minimum atomic E-state index is -0.793. The van der Waals surface area contributed by atoms with Crippen molar-refractivity contribution in [2.75, 3.05) is 11.4 Å². The molecule has 1 aromatic carbocycles. The number of allylic oxidation sites excluding steroid dienone is 4. The number of nitro benzene ring substituents is 1. The first-order valence-corrected chi connectivity index (χ1v) is 8.71. The second-order valence-electron chi connectivity index (χ2n) is 7.47. The number of anilines is 1. The highest BCUT2D eigenvalue weighted by Crippen LogP contribution is 2.55. The predicted molar refractivity (Wildman–Crippen MR) is 91.8 cm³/mol. The predicted octanol–water partition coefficient (Wildman–Crippen LogP) is 3.20. The second kappa shape index (κ2) is 4.94. The molecule has 2 heterocycles. The van der Waals surface area contributed by atoms with Crippen LogP contribution in [0.15, 0.2) is 36.4 Å². The molecule has 1 N–H and O–H groups in total. The minimum absolute atomic E-state index is 0.0482. The number of aliphatic carboxylic acids is 1. The Labute approximate surface area is 144 Å². The number of nitro groups is 1. The summed E-state index contributed by atoms with van der Waals surface area (Å²) in [5, 5.41) is 21.4. The lowest BCUT2D eigenvalue weighted by Crippen LogP contribution is -2.54. The molecular formula is C19H18N2O4. The highest BCUT2D eigenvalue weighted by molar-refractivity contribution is 5.84. The van der Waals surface area contributed by atoms with Crippen molar-refractivity contribution in [3.05, 3.63) is 57.7 Å². The maximum absolute atomic E-state index is 12.1. The molecule has 2 aliphatic heterocycles. The lowest BCUT2D eigenvalue weighted by molar-refractivity contribution is -0.385. The Balaban J connectivity index is 1.79. The van der Waals surface area contributed by atoms with Gasteiger partial charge in [-0.3, -0.25) is 10.1 Å². The molecule has 6 nitrogen and oxygen atoms in total. The van der Waals surface area contributed by atoms with Crippen LogP contribution in [0.5, 0.6) is 0 Å². The average molecular weight is 338 g/mol. The summed E-state index contributed by atoms with van der Waals surface area (Å²) >= 11 is 0. The summed E-state index contributed by atoms with van der Waals surface area (Å²) in [6.07, 6.45) is 9.92. The highest BCUT2D eigenvalue weighted by Gasteiger charge is 2.50. The number of fused-ring (bicyclic) bond motifs is 4. The Morgan fingerprint density at radius 3 is 2.56 bits per heavy atom. The summed E-state index contributed by atoms with van der Waals surface area (Å²) < 4.78 is 0. The Hall–Kier alpha value is -2.63. The lowest BCUT2D eigenvalue weighted by atomic mass is 9.72. The van der Waals surface area contributed by atoms with E-state index in [4.69, 9.17) is 0 Å². The maximum atomic E-state index is 12.1. The third-order valence-corrected chi connectivity index (χ3v) is 6.30. The van der Waals surface area contributed by atoms with Crippen LogP contribution in [0.4, 0.5) is 11.4 Å². The van der Waals surface area contributed by atoms with Crippen molar-refractivity contribution in [2.45, 2.75) is 30.7 Å². The van der Waals surface area contributed by atoms with Gasteiger partial charge in [0.15, 0.2) is 0 Å². The van der Waals surface area contributed by atoms with Gasteiger partial charge in [0.05, 0.1) is 4.92 Å². The van der Waals surface area contributed by atoms with Gasteiger partial charge in [-0.15, -0.1) is 0 Å². The molecular weight excluding hydrogens is 320 g/mol. The summed E-state index contributed by atoms with van der Waals surface area (Å²) in [5.74, 6) is -0.437. The van der Waals surface area contributed by atoms with Crippen LogP contribution in [0.3, 0.4) is 0 Å². The van der Waals surface area contributed by atoms with Gasteiger partial charge in [0, 0.05) is 42.1 Å². The van der Waals surface area contributed by atoms with Crippen LogP contribution in [0.2, 0.25) is 0 Å². The van der Waals surface area contributed by atoms with E-state index >= 15 is 0 Å². The highest BCUT2D eigenvalue weighted by atomic mass is 16.6. The molecule has 0 fully saturated rings. The average Bonchev–Trinajstić information content (AvgIpc) is 3.23. The molecule has 0 saturated carbocycles. The number of hydrogen-bond acceptors (Lipinski definition) is 4. The van der Waals surface area contributed by atoms with E-state index in [9.17, 15) is 20.0 Å². The summed E-state index contributed by atoms with van der Waals surface area (Å²) in [6.45, 7) is 0.704. The molecule has 0 spiro atoms. The lowest BCUT2D eigenvalue weighted by Gasteiger charge is -2.49. The van der Waals surface area contributed by atoms with Gasteiger partial charge in [-0.1, -0.05) is 24.3 Å². The van der Waals surface area contributed by atoms with E-state index in [-0.39, 0.29) is 28.4 Å². The Kier molecular flexibility index (Phi) is 2.90. The molecule has 4 aliphatic rings. The van der Waals surface area contributed by atoms with Crippen molar-refractivity contribution in [3.8, 4) is 0 Å². The Bertz CT molecular complexity index is 842. The number of hydrogen-bond donors (Lipinski definition) is 1. The molecule has 0 bridgehead atoms. The van der Waals surface area contributed by atoms with Crippen LogP contribution in [0.25, 0.3) is 0 Å². The molecule has 0 saturated heterocycles. The van der Waals surface area contributed by atoms with Crippen LogP contribution in [-0.4, -0.2) is 28.6 Å². The smallest absolute Gasteiger partial charge is 0.326 e. The van der Waals surface area contributed by atoms with Crippen molar-refractivity contribution in [3.63, 3.8) is 0 Å². The van der Waals surface area contributed by atoms with Gasteiger partial charge in [-0.05, 0) is 29.9 Å². The van der Waals surface area contributed by atoms with Crippen molar-refractivity contribution in [1.29, 1.82) is 0 Å². The summed E-state index contributed by atoms with van der Waals surface area (Å²) in [5.41, 5.74) is 2.90. The molecule has 25 heavy (non-hydrogen) atoms. The molecule has 1 aromatic rings. The number of non-ortho nitro benzene ring substituents is 1. The van der Waals surface area contributed by atoms with E-state index in [1.807, 2.05) is 17.1 Å². The van der Waals surface area contributed by atoms with Gasteiger partial charge in [-0.25, -0.2) is 4.79 Å². The van der Waals surface area contributed by atoms with E-state index in [1.54, 1.807) is 12.1 Å². The van der Waals surface area contributed by atoms with Gasteiger partial charge >= 0.3 is 5.97 Å². The molecule has 0 unspecified atom stereocenters. The molecule has 5 atom stereocenters. The Morgan fingerprint density at radius 2 is 1.84 bits per heavy atom. The largest absolute Gasteiger partial charge is 0.480 e. The van der Waals surface area contributed by atoms with Crippen LogP contribution < -0.4 is 4.90 Å². The molecule has 0 radical (unpaired) electrons. The third-order valence-electron chi connectivity index (χ3n) is 6.30.